The second-order valence-corrected chi connectivity index (χ2v) is 7.80. The third kappa shape index (κ3) is 4.82. The summed E-state index contributed by atoms with van der Waals surface area (Å²) in [6, 6.07) is 17.0. The molecule has 1 aromatic heterocycles. The quantitative estimate of drug-likeness (QED) is 0.603. The summed E-state index contributed by atoms with van der Waals surface area (Å²) < 4.78 is 39.3. The van der Waals surface area contributed by atoms with Crippen LogP contribution in [0.25, 0.3) is 11.3 Å². The molecule has 0 unspecified atom stereocenters. The molecule has 0 fully saturated rings. The SMILES string of the molecule is COc1ccc(OC)c(S(=O)(=O)NCCn2nc(-c3ccccc3)ccc2=O)c1. The van der Waals surface area contributed by atoms with Gasteiger partial charge in [0.25, 0.3) is 5.56 Å². The Bertz CT molecular complexity index is 1140. The van der Waals surface area contributed by atoms with E-state index in [9.17, 15) is 13.2 Å². The van der Waals surface area contributed by atoms with Crippen molar-refractivity contribution in [3.63, 3.8) is 0 Å². The van der Waals surface area contributed by atoms with E-state index >= 15 is 0 Å². The van der Waals surface area contributed by atoms with Crippen molar-refractivity contribution in [2.45, 2.75) is 11.4 Å². The highest BCUT2D eigenvalue weighted by atomic mass is 32.2. The van der Waals surface area contributed by atoms with Crippen LogP contribution in [0.4, 0.5) is 0 Å². The smallest absolute Gasteiger partial charge is 0.266 e. The standard InChI is InChI=1S/C20H21N3O5S/c1-27-16-8-10-18(28-2)19(14-16)29(25,26)21-12-13-23-20(24)11-9-17(22-23)15-6-4-3-5-7-15/h3-11,14,21H,12-13H2,1-2H3. The Morgan fingerprint density at radius 3 is 2.45 bits per heavy atom. The van der Waals surface area contributed by atoms with Gasteiger partial charge in [0.1, 0.15) is 16.4 Å². The van der Waals surface area contributed by atoms with Gasteiger partial charge in [-0.05, 0) is 18.2 Å². The van der Waals surface area contributed by atoms with Crippen LogP contribution in [0, 0.1) is 0 Å². The Labute approximate surface area is 168 Å². The molecule has 0 bridgehead atoms. The van der Waals surface area contributed by atoms with Crippen LogP contribution in [-0.2, 0) is 16.6 Å². The first-order valence-corrected chi connectivity index (χ1v) is 10.3. The summed E-state index contributed by atoms with van der Waals surface area (Å²) in [4.78, 5) is 12.1. The van der Waals surface area contributed by atoms with Gasteiger partial charge in [-0.25, -0.2) is 17.8 Å². The summed E-state index contributed by atoms with van der Waals surface area (Å²) in [7, 11) is -1.04. The Balaban J connectivity index is 1.77. The van der Waals surface area contributed by atoms with E-state index in [0.717, 1.165) is 5.56 Å². The second kappa shape index (κ2) is 8.89. The van der Waals surface area contributed by atoms with E-state index in [4.69, 9.17) is 9.47 Å². The van der Waals surface area contributed by atoms with Gasteiger partial charge in [0, 0.05) is 24.2 Å². The number of benzene rings is 2. The van der Waals surface area contributed by atoms with E-state index in [0.29, 0.717) is 11.4 Å². The number of hydrogen-bond donors (Lipinski definition) is 1. The molecule has 152 valence electrons. The summed E-state index contributed by atoms with van der Waals surface area (Å²) in [6.45, 7) is 0.0544. The minimum Gasteiger partial charge on any atom is -0.497 e. The predicted molar refractivity (Wildman–Crippen MR) is 109 cm³/mol. The summed E-state index contributed by atoms with van der Waals surface area (Å²) in [5, 5.41) is 4.32. The summed E-state index contributed by atoms with van der Waals surface area (Å²) >= 11 is 0. The molecular formula is C20H21N3O5S. The normalized spacial score (nSPS) is 11.2. The molecule has 8 nitrogen and oxygen atoms in total. The Kier molecular flexibility index (Phi) is 6.30. The van der Waals surface area contributed by atoms with Gasteiger partial charge in [-0.1, -0.05) is 30.3 Å². The van der Waals surface area contributed by atoms with Crippen LogP contribution in [0.1, 0.15) is 0 Å². The fourth-order valence-electron chi connectivity index (χ4n) is 2.73. The third-order valence-electron chi connectivity index (χ3n) is 4.21. The molecule has 0 aliphatic heterocycles. The molecule has 0 aliphatic carbocycles. The van der Waals surface area contributed by atoms with Crippen molar-refractivity contribution in [2.75, 3.05) is 20.8 Å². The molecule has 0 aliphatic rings. The lowest BCUT2D eigenvalue weighted by atomic mass is 10.1. The van der Waals surface area contributed by atoms with Crippen LogP contribution in [0.5, 0.6) is 11.5 Å². The minimum atomic E-state index is -3.88. The van der Waals surface area contributed by atoms with Crippen LogP contribution >= 0.6 is 0 Å². The molecule has 0 radical (unpaired) electrons. The molecule has 0 atom stereocenters. The maximum atomic E-state index is 12.7. The van der Waals surface area contributed by atoms with Gasteiger partial charge in [0.05, 0.1) is 26.5 Å². The molecule has 0 spiro atoms. The highest BCUT2D eigenvalue weighted by Crippen LogP contribution is 2.27. The number of ether oxygens (including phenoxy) is 2. The van der Waals surface area contributed by atoms with Crippen molar-refractivity contribution in [3.05, 3.63) is 71.0 Å². The first kappa shape index (κ1) is 20.6. The number of rotatable bonds is 8. The van der Waals surface area contributed by atoms with Gasteiger partial charge in [-0.3, -0.25) is 4.79 Å². The van der Waals surface area contributed by atoms with Crippen molar-refractivity contribution >= 4 is 10.0 Å². The monoisotopic (exact) mass is 415 g/mol. The van der Waals surface area contributed by atoms with Crippen LogP contribution in [0.2, 0.25) is 0 Å². The molecule has 1 heterocycles. The lowest BCUT2D eigenvalue weighted by Crippen LogP contribution is -2.32. The molecule has 3 rings (SSSR count). The molecular weight excluding hydrogens is 394 g/mol. The van der Waals surface area contributed by atoms with Crippen molar-refractivity contribution in [3.8, 4) is 22.8 Å². The van der Waals surface area contributed by atoms with Crippen molar-refractivity contribution < 1.29 is 17.9 Å². The molecule has 29 heavy (non-hydrogen) atoms. The highest BCUT2D eigenvalue weighted by molar-refractivity contribution is 7.89. The second-order valence-electron chi connectivity index (χ2n) is 6.06. The predicted octanol–water partition coefficient (Wildman–Crippen LogP) is 1.91. The number of methoxy groups -OCH3 is 2. The largest absolute Gasteiger partial charge is 0.497 e. The zero-order valence-electron chi connectivity index (χ0n) is 16.0. The number of nitrogens with one attached hydrogen (secondary N) is 1. The van der Waals surface area contributed by atoms with Crippen molar-refractivity contribution in [1.82, 2.24) is 14.5 Å². The van der Waals surface area contributed by atoms with Gasteiger partial charge in [0.2, 0.25) is 10.0 Å². The van der Waals surface area contributed by atoms with Gasteiger partial charge in [-0.2, -0.15) is 5.10 Å². The highest BCUT2D eigenvalue weighted by Gasteiger charge is 2.20. The lowest BCUT2D eigenvalue weighted by Gasteiger charge is -2.12. The summed E-state index contributed by atoms with van der Waals surface area (Å²) in [6.07, 6.45) is 0. The fraction of sp³-hybridized carbons (Fsp3) is 0.200. The van der Waals surface area contributed by atoms with Gasteiger partial charge in [0.15, 0.2) is 0 Å². The van der Waals surface area contributed by atoms with E-state index < -0.39 is 10.0 Å². The fourth-order valence-corrected chi connectivity index (χ4v) is 3.93. The Hall–Kier alpha value is -3.17. The van der Waals surface area contributed by atoms with Gasteiger partial charge in [-0.15, -0.1) is 0 Å². The van der Waals surface area contributed by atoms with Crippen LogP contribution in [-0.4, -0.2) is 39.0 Å². The molecule has 0 saturated heterocycles. The molecule has 9 heteroatoms. The molecule has 1 N–H and O–H groups in total. The zero-order valence-corrected chi connectivity index (χ0v) is 16.8. The lowest BCUT2D eigenvalue weighted by molar-refractivity contribution is 0.392. The molecule has 3 aromatic rings. The average Bonchev–Trinajstić information content (AvgIpc) is 2.75. The van der Waals surface area contributed by atoms with E-state index in [1.54, 1.807) is 12.1 Å². The topological polar surface area (TPSA) is 99.5 Å². The van der Waals surface area contributed by atoms with E-state index in [2.05, 4.69) is 9.82 Å². The Morgan fingerprint density at radius 1 is 1.00 bits per heavy atom. The number of aromatic nitrogens is 2. The van der Waals surface area contributed by atoms with E-state index in [1.807, 2.05) is 30.3 Å². The maximum absolute atomic E-state index is 12.7. The van der Waals surface area contributed by atoms with Crippen molar-refractivity contribution in [2.24, 2.45) is 0 Å². The van der Waals surface area contributed by atoms with E-state index in [-0.39, 0.29) is 29.3 Å². The van der Waals surface area contributed by atoms with Gasteiger partial charge < -0.3 is 9.47 Å². The van der Waals surface area contributed by atoms with E-state index in [1.165, 1.54) is 37.1 Å². The minimum absolute atomic E-state index is 0.0200. The third-order valence-corrected chi connectivity index (χ3v) is 5.69. The Morgan fingerprint density at radius 2 is 1.76 bits per heavy atom. The molecule has 0 amide bonds. The molecule has 2 aromatic carbocycles. The first-order valence-electron chi connectivity index (χ1n) is 8.80. The maximum Gasteiger partial charge on any atom is 0.266 e. The van der Waals surface area contributed by atoms with Crippen LogP contribution in [0.3, 0.4) is 0 Å². The van der Waals surface area contributed by atoms with Crippen LogP contribution in [0.15, 0.2) is 70.4 Å². The summed E-state index contributed by atoms with van der Waals surface area (Å²) in [5.74, 6) is 0.583. The van der Waals surface area contributed by atoms with Crippen molar-refractivity contribution in [1.29, 1.82) is 0 Å². The zero-order chi connectivity index (χ0) is 20.9. The average molecular weight is 415 g/mol. The molecule has 0 saturated carbocycles. The van der Waals surface area contributed by atoms with Gasteiger partial charge >= 0.3 is 0 Å². The van der Waals surface area contributed by atoms with Crippen LogP contribution < -0.4 is 19.8 Å². The number of hydrogen-bond acceptors (Lipinski definition) is 6. The number of nitrogens with zero attached hydrogens (tertiary/aromatic N) is 2. The number of sulfonamides is 1. The first-order chi connectivity index (χ1) is 13.9. The summed E-state index contributed by atoms with van der Waals surface area (Å²) in [5.41, 5.74) is 1.17.